The molecule has 1 fully saturated rings. The van der Waals surface area contributed by atoms with E-state index in [-0.39, 0.29) is 33.1 Å². The third-order valence-corrected chi connectivity index (χ3v) is 8.21. The zero-order valence-electron chi connectivity index (χ0n) is 22.9. The van der Waals surface area contributed by atoms with Crippen molar-refractivity contribution in [2.24, 2.45) is 5.92 Å². The van der Waals surface area contributed by atoms with Gasteiger partial charge in [0, 0.05) is 18.2 Å². The number of alkyl halides is 3. The van der Waals surface area contributed by atoms with E-state index in [1.54, 1.807) is 12.2 Å². The van der Waals surface area contributed by atoms with E-state index < -0.39 is 34.9 Å². The summed E-state index contributed by atoms with van der Waals surface area (Å²) >= 11 is 13.0. The van der Waals surface area contributed by atoms with Crippen molar-refractivity contribution < 1.29 is 22.8 Å². The molecule has 44 heavy (non-hydrogen) atoms. The number of amides is 2. The molecular weight excluding hydrogens is 614 g/mol. The predicted molar refractivity (Wildman–Crippen MR) is 161 cm³/mol. The van der Waals surface area contributed by atoms with E-state index in [0.29, 0.717) is 18.1 Å². The minimum atomic E-state index is -4.85. The quantitative estimate of drug-likeness (QED) is 0.294. The molecule has 2 heterocycles. The number of rotatable bonds is 7. The Kier molecular flexibility index (Phi) is 7.81. The summed E-state index contributed by atoms with van der Waals surface area (Å²) in [6.07, 6.45) is 9.60. The van der Waals surface area contributed by atoms with Crippen LogP contribution in [0.15, 0.2) is 107 Å². The van der Waals surface area contributed by atoms with E-state index >= 15 is 0 Å². The van der Waals surface area contributed by atoms with Gasteiger partial charge in [0.1, 0.15) is 5.69 Å². The molecule has 12 heteroatoms. The smallest absolute Gasteiger partial charge is 0.343 e. The van der Waals surface area contributed by atoms with Crippen molar-refractivity contribution in [2.75, 3.05) is 0 Å². The number of fused-ring (bicyclic) bond motifs is 1. The zero-order valence-corrected chi connectivity index (χ0v) is 24.4. The van der Waals surface area contributed by atoms with Crippen molar-refractivity contribution in [3.63, 3.8) is 0 Å². The molecule has 7 nitrogen and oxygen atoms in total. The molecule has 1 aromatic carbocycles. The molecule has 1 atom stereocenters. The Balaban J connectivity index is 1.34. The van der Waals surface area contributed by atoms with Crippen LogP contribution in [0.1, 0.15) is 41.0 Å². The average molecular weight is 638 g/mol. The highest BCUT2D eigenvalue weighted by atomic mass is 35.5. The van der Waals surface area contributed by atoms with Crippen LogP contribution < -0.4 is 10.6 Å². The molecule has 1 unspecified atom stereocenters. The van der Waals surface area contributed by atoms with Crippen LogP contribution in [0.4, 0.5) is 13.2 Å². The first-order valence-electron chi connectivity index (χ1n) is 13.7. The van der Waals surface area contributed by atoms with Crippen LogP contribution in [0.3, 0.4) is 0 Å². The van der Waals surface area contributed by atoms with E-state index in [1.165, 1.54) is 18.3 Å². The predicted octanol–water partition coefficient (Wildman–Crippen LogP) is 6.92. The zero-order chi connectivity index (χ0) is 31.1. The van der Waals surface area contributed by atoms with Gasteiger partial charge in [0.25, 0.3) is 11.8 Å². The molecule has 2 N–H and O–H groups in total. The standard InChI is InChI=1S/C32H24Cl2F3N5O2/c33-23-11-6-16-38-28(23)42-24(18-25(41-42)32(35,36)37)30(44)39-27-22(17-20-9-4-5-10-21(20)26(27)34)29(43)40-31(14-15-31)13-12-19-7-2-1-3-8-19/h1-8,10-13,16-18,20H,9,14-15H2,(H,39,44)(H,40,43)/b13-12+. The molecule has 3 aliphatic carbocycles. The van der Waals surface area contributed by atoms with Crippen molar-refractivity contribution in [1.29, 1.82) is 0 Å². The van der Waals surface area contributed by atoms with E-state index in [1.807, 2.05) is 54.6 Å². The van der Waals surface area contributed by atoms with E-state index in [9.17, 15) is 22.8 Å². The van der Waals surface area contributed by atoms with Gasteiger partial charge in [-0.25, -0.2) is 9.67 Å². The number of hydrogen-bond donors (Lipinski definition) is 2. The molecule has 3 aliphatic rings. The molecule has 224 valence electrons. The number of hydrogen-bond acceptors (Lipinski definition) is 4. The maximum Gasteiger partial charge on any atom is 0.435 e. The third kappa shape index (κ3) is 6.00. The highest BCUT2D eigenvalue weighted by Gasteiger charge is 2.43. The summed E-state index contributed by atoms with van der Waals surface area (Å²) in [6.45, 7) is 0. The van der Waals surface area contributed by atoms with Crippen LogP contribution >= 0.6 is 23.2 Å². The topological polar surface area (TPSA) is 88.9 Å². The van der Waals surface area contributed by atoms with E-state index in [4.69, 9.17) is 23.2 Å². The highest BCUT2D eigenvalue weighted by molar-refractivity contribution is 6.34. The van der Waals surface area contributed by atoms with Crippen LogP contribution in [0.25, 0.3) is 11.9 Å². The van der Waals surface area contributed by atoms with Crippen LogP contribution in [0.2, 0.25) is 5.02 Å². The molecule has 6 rings (SSSR count). The van der Waals surface area contributed by atoms with Crippen LogP contribution in [-0.4, -0.2) is 32.1 Å². The second kappa shape index (κ2) is 11.6. The molecule has 0 radical (unpaired) electrons. The summed E-state index contributed by atoms with van der Waals surface area (Å²) in [7, 11) is 0. The second-order valence-electron chi connectivity index (χ2n) is 10.6. The Morgan fingerprint density at radius 2 is 1.84 bits per heavy atom. The first kappa shape index (κ1) is 29.7. The molecule has 1 saturated carbocycles. The van der Waals surface area contributed by atoms with Crippen LogP contribution in [0, 0.1) is 5.92 Å². The fourth-order valence-electron chi connectivity index (χ4n) is 5.03. The molecule has 0 saturated heterocycles. The molecule has 2 amide bonds. The fourth-order valence-corrected chi connectivity index (χ4v) is 5.59. The summed E-state index contributed by atoms with van der Waals surface area (Å²) in [5, 5.41) is 9.35. The van der Waals surface area contributed by atoms with Gasteiger partial charge in [-0.05, 0) is 42.5 Å². The number of allylic oxidation sites excluding steroid dienone is 6. The fraction of sp³-hybridized carbons (Fsp3) is 0.188. The maximum atomic E-state index is 13.8. The van der Waals surface area contributed by atoms with Gasteiger partial charge in [0.2, 0.25) is 0 Å². The van der Waals surface area contributed by atoms with Crippen molar-refractivity contribution >= 4 is 41.1 Å². The Morgan fingerprint density at radius 3 is 2.55 bits per heavy atom. The Bertz CT molecular complexity index is 1800. The molecule has 0 bridgehead atoms. The lowest BCUT2D eigenvalue weighted by atomic mass is 9.83. The third-order valence-electron chi connectivity index (χ3n) is 7.51. The molecular formula is C32H24Cl2F3N5O2. The minimum absolute atomic E-state index is 0.0199. The Morgan fingerprint density at radius 1 is 1.07 bits per heavy atom. The summed E-state index contributed by atoms with van der Waals surface area (Å²) < 4.78 is 41.8. The van der Waals surface area contributed by atoms with Crippen molar-refractivity contribution in [3.8, 4) is 5.82 Å². The van der Waals surface area contributed by atoms with Gasteiger partial charge < -0.3 is 10.6 Å². The van der Waals surface area contributed by atoms with Gasteiger partial charge in [-0.1, -0.05) is 90.0 Å². The second-order valence-corrected chi connectivity index (χ2v) is 11.4. The van der Waals surface area contributed by atoms with Gasteiger partial charge in [-0.3, -0.25) is 9.59 Å². The van der Waals surface area contributed by atoms with Gasteiger partial charge >= 0.3 is 6.18 Å². The van der Waals surface area contributed by atoms with Crippen molar-refractivity contribution in [2.45, 2.75) is 31.0 Å². The number of pyridine rings is 1. The number of benzene rings is 1. The number of halogens is 5. The van der Waals surface area contributed by atoms with E-state index in [0.717, 1.165) is 23.1 Å². The molecule has 2 aromatic heterocycles. The summed E-state index contributed by atoms with van der Waals surface area (Å²) in [4.78, 5) is 31.5. The molecule has 0 spiro atoms. The summed E-state index contributed by atoms with van der Waals surface area (Å²) in [6, 6.07) is 13.2. The lowest BCUT2D eigenvalue weighted by Gasteiger charge is -2.28. The van der Waals surface area contributed by atoms with Gasteiger partial charge in [0.15, 0.2) is 11.5 Å². The van der Waals surface area contributed by atoms with Crippen molar-refractivity contribution in [3.05, 3.63) is 129 Å². The minimum Gasteiger partial charge on any atom is -0.343 e. The summed E-state index contributed by atoms with van der Waals surface area (Å²) in [5.74, 6) is -1.86. The van der Waals surface area contributed by atoms with Crippen LogP contribution in [0.5, 0.6) is 0 Å². The molecule has 3 aromatic rings. The van der Waals surface area contributed by atoms with Gasteiger partial charge in [-0.15, -0.1) is 0 Å². The first-order valence-corrected chi connectivity index (χ1v) is 14.5. The largest absolute Gasteiger partial charge is 0.435 e. The number of aromatic nitrogens is 3. The normalized spacial score (nSPS) is 18.9. The Labute approximate surface area is 260 Å². The number of nitrogens with one attached hydrogen (secondary N) is 2. The highest BCUT2D eigenvalue weighted by Crippen LogP contribution is 2.41. The van der Waals surface area contributed by atoms with Crippen LogP contribution in [-0.2, 0) is 11.0 Å². The summed E-state index contributed by atoms with van der Waals surface area (Å²) in [5.41, 5.74) is -0.660. The van der Waals surface area contributed by atoms with Gasteiger partial charge in [-0.2, -0.15) is 18.3 Å². The first-order chi connectivity index (χ1) is 21.0. The Hall–Kier alpha value is -4.41. The van der Waals surface area contributed by atoms with Gasteiger partial charge in [0.05, 0.1) is 26.9 Å². The maximum absolute atomic E-state index is 13.8. The number of carbonyl (C=O) groups is 2. The molecule has 0 aliphatic heterocycles. The lowest BCUT2D eigenvalue weighted by molar-refractivity contribution is -0.141. The lowest BCUT2D eigenvalue weighted by Crippen LogP contribution is -2.40. The SMILES string of the molecule is O=C(NC1(/C=C/c2ccccc2)CC1)C1=CC2CC=CC=C2C(Cl)=C1NC(=O)c1cc(C(F)(F)F)nn1-c1ncccc1Cl. The number of nitrogens with zero attached hydrogens (tertiary/aromatic N) is 3. The monoisotopic (exact) mass is 637 g/mol. The number of carbonyl (C=O) groups excluding carboxylic acids is 2. The van der Waals surface area contributed by atoms with E-state index in [2.05, 4.69) is 20.7 Å². The van der Waals surface area contributed by atoms with Crippen molar-refractivity contribution in [1.82, 2.24) is 25.4 Å². The average Bonchev–Trinajstić information content (AvgIpc) is 3.61.